The zero-order valence-electron chi connectivity index (χ0n) is 21.1. The molecule has 0 saturated carbocycles. The maximum absolute atomic E-state index is 12.1. The van der Waals surface area contributed by atoms with E-state index in [0.29, 0.717) is 12.2 Å². The third-order valence-corrected chi connectivity index (χ3v) is 6.14. The third-order valence-electron chi connectivity index (χ3n) is 6.14. The molecule has 4 nitrogen and oxygen atoms in total. The van der Waals surface area contributed by atoms with Crippen LogP contribution in [0.4, 0.5) is 0 Å². The van der Waals surface area contributed by atoms with Gasteiger partial charge < -0.3 is 14.6 Å². The first-order valence-corrected chi connectivity index (χ1v) is 13.0. The van der Waals surface area contributed by atoms with Gasteiger partial charge in [-0.05, 0) is 65.4 Å². The topological polar surface area (TPSA) is 55.8 Å². The van der Waals surface area contributed by atoms with Gasteiger partial charge in [0.15, 0.2) is 0 Å². The second-order valence-corrected chi connectivity index (χ2v) is 8.93. The highest BCUT2D eigenvalue weighted by Gasteiger charge is 2.14. The molecule has 1 N–H and O–H groups in total. The van der Waals surface area contributed by atoms with Crippen LogP contribution in [0.5, 0.6) is 11.5 Å². The lowest BCUT2D eigenvalue weighted by Gasteiger charge is -2.12. The minimum Gasteiger partial charge on any atom is -0.494 e. The van der Waals surface area contributed by atoms with Gasteiger partial charge in [-0.2, -0.15) is 0 Å². The fourth-order valence-corrected chi connectivity index (χ4v) is 4.06. The summed E-state index contributed by atoms with van der Waals surface area (Å²) in [6.45, 7) is 5.82. The summed E-state index contributed by atoms with van der Waals surface area (Å²) in [4.78, 5) is 12.1. The summed E-state index contributed by atoms with van der Waals surface area (Å²) in [6, 6.07) is 21.1. The smallest absolute Gasteiger partial charge is 0.336 e. The normalized spacial score (nSPS) is 10.8. The molecular formula is C31H38O4. The second-order valence-electron chi connectivity index (χ2n) is 8.93. The van der Waals surface area contributed by atoms with Gasteiger partial charge in [0.25, 0.3) is 0 Å². The van der Waals surface area contributed by atoms with Crippen LogP contribution in [0.1, 0.15) is 75.6 Å². The summed E-state index contributed by atoms with van der Waals surface area (Å²) in [5, 5.41) is 9.90. The molecule has 0 bridgehead atoms. The summed E-state index contributed by atoms with van der Waals surface area (Å²) < 4.78 is 11.7. The summed E-state index contributed by atoms with van der Waals surface area (Å²) in [5.74, 6) is 0.713. The Morgan fingerprint density at radius 2 is 1.11 bits per heavy atom. The number of carboxylic acid groups (broad SMARTS) is 1. The van der Waals surface area contributed by atoms with Crippen molar-refractivity contribution < 1.29 is 19.4 Å². The number of hydrogen-bond acceptors (Lipinski definition) is 3. The SMILES string of the molecule is CCCCCCOc1ccc(-c2ccc(-c3ccc(OCCCCCC)cc3)c(C(=O)O)c2)cc1. The number of aromatic carboxylic acids is 1. The van der Waals surface area contributed by atoms with Crippen LogP contribution in [0, 0.1) is 0 Å². The van der Waals surface area contributed by atoms with Gasteiger partial charge in [0, 0.05) is 0 Å². The summed E-state index contributed by atoms with van der Waals surface area (Å²) in [5.41, 5.74) is 3.67. The highest BCUT2D eigenvalue weighted by atomic mass is 16.5. The number of benzene rings is 3. The molecule has 0 amide bonds. The lowest BCUT2D eigenvalue weighted by Crippen LogP contribution is -2.01. The second kappa shape index (κ2) is 14.2. The number of ether oxygens (including phenoxy) is 2. The van der Waals surface area contributed by atoms with Crippen molar-refractivity contribution in [3.63, 3.8) is 0 Å². The number of carbonyl (C=O) groups is 1. The molecule has 0 aliphatic heterocycles. The molecular weight excluding hydrogens is 436 g/mol. The summed E-state index contributed by atoms with van der Waals surface area (Å²) in [7, 11) is 0. The van der Waals surface area contributed by atoms with Crippen molar-refractivity contribution in [3.05, 3.63) is 72.3 Å². The lowest BCUT2D eigenvalue weighted by molar-refractivity contribution is 0.0697. The molecule has 3 aromatic rings. The first-order valence-electron chi connectivity index (χ1n) is 13.0. The van der Waals surface area contributed by atoms with Crippen LogP contribution in [0.25, 0.3) is 22.3 Å². The Bertz CT molecular complexity index is 1040. The molecule has 0 aromatic heterocycles. The fourth-order valence-electron chi connectivity index (χ4n) is 4.06. The lowest BCUT2D eigenvalue weighted by atomic mass is 9.95. The quantitative estimate of drug-likeness (QED) is 0.224. The van der Waals surface area contributed by atoms with Crippen molar-refractivity contribution in [2.45, 2.75) is 65.2 Å². The summed E-state index contributed by atoms with van der Waals surface area (Å²) >= 11 is 0. The maximum atomic E-state index is 12.1. The highest BCUT2D eigenvalue weighted by molar-refractivity contribution is 5.97. The molecule has 0 radical (unpaired) electrons. The molecule has 35 heavy (non-hydrogen) atoms. The van der Waals surface area contributed by atoms with E-state index in [2.05, 4.69) is 13.8 Å². The van der Waals surface area contributed by atoms with E-state index in [-0.39, 0.29) is 5.56 Å². The Morgan fingerprint density at radius 3 is 1.60 bits per heavy atom. The van der Waals surface area contributed by atoms with E-state index < -0.39 is 5.97 Å². The van der Waals surface area contributed by atoms with Gasteiger partial charge in [-0.1, -0.05) is 88.8 Å². The minimum atomic E-state index is -0.940. The summed E-state index contributed by atoms with van der Waals surface area (Å²) in [6.07, 6.45) is 9.36. The molecule has 3 rings (SSSR count). The third kappa shape index (κ3) is 8.17. The van der Waals surface area contributed by atoms with Crippen molar-refractivity contribution in [2.75, 3.05) is 13.2 Å². The van der Waals surface area contributed by atoms with E-state index in [1.54, 1.807) is 6.07 Å². The van der Waals surface area contributed by atoms with Gasteiger partial charge in [-0.15, -0.1) is 0 Å². The number of rotatable bonds is 15. The molecule has 0 heterocycles. The van der Waals surface area contributed by atoms with E-state index >= 15 is 0 Å². The zero-order valence-corrected chi connectivity index (χ0v) is 21.1. The number of carboxylic acids is 1. The first kappa shape index (κ1) is 26.3. The maximum Gasteiger partial charge on any atom is 0.336 e. The molecule has 0 aliphatic rings. The van der Waals surface area contributed by atoms with Crippen molar-refractivity contribution in [1.82, 2.24) is 0 Å². The van der Waals surface area contributed by atoms with Gasteiger partial charge in [-0.3, -0.25) is 0 Å². The molecule has 0 aliphatic carbocycles. The van der Waals surface area contributed by atoms with Crippen LogP contribution in [-0.4, -0.2) is 24.3 Å². The van der Waals surface area contributed by atoms with Gasteiger partial charge in [0.05, 0.1) is 18.8 Å². The monoisotopic (exact) mass is 474 g/mol. The van der Waals surface area contributed by atoms with E-state index in [1.165, 1.54) is 38.5 Å². The Balaban J connectivity index is 1.67. The predicted octanol–water partition coefficient (Wildman–Crippen LogP) is 8.64. The van der Waals surface area contributed by atoms with Gasteiger partial charge in [0.1, 0.15) is 11.5 Å². The molecule has 186 valence electrons. The zero-order chi connectivity index (χ0) is 24.9. The van der Waals surface area contributed by atoms with Gasteiger partial charge >= 0.3 is 5.97 Å². The van der Waals surface area contributed by atoms with E-state index in [9.17, 15) is 9.90 Å². The van der Waals surface area contributed by atoms with Crippen LogP contribution in [0.2, 0.25) is 0 Å². The molecule has 0 spiro atoms. The molecule has 0 fully saturated rings. The Labute approximate surface area is 209 Å². The molecule has 0 unspecified atom stereocenters. The van der Waals surface area contributed by atoms with Crippen molar-refractivity contribution in [3.8, 4) is 33.8 Å². The van der Waals surface area contributed by atoms with Crippen LogP contribution in [0.15, 0.2) is 66.7 Å². The van der Waals surface area contributed by atoms with Crippen LogP contribution >= 0.6 is 0 Å². The van der Waals surface area contributed by atoms with Crippen molar-refractivity contribution in [2.24, 2.45) is 0 Å². The van der Waals surface area contributed by atoms with E-state index in [0.717, 1.165) is 47.6 Å². The largest absolute Gasteiger partial charge is 0.494 e. The fraction of sp³-hybridized carbons (Fsp3) is 0.387. The molecule has 4 heteroatoms. The van der Waals surface area contributed by atoms with E-state index in [1.807, 2.05) is 60.7 Å². The van der Waals surface area contributed by atoms with E-state index in [4.69, 9.17) is 9.47 Å². The minimum absolute atomic E-state index is 0.284. The molecule has 0 saturated heterocycles. The Kier molecular flexibility index (Phi) is 10.7. The highest BCUT2D eigenvalue weighted by Crippen LogP contribution is 2.31. The van der Waals surface area contributed by atoms with Crippen LogP contribution < -0.4 is 9.47 Å². The average Bonchev–Trinajstić information content (AvgIpc) is 2.89. The van der Waals surface area contributed by atoms with Gasteiger partial charge in [0.2, 0.25) is 0 Å². The van der Waals surface area contributed by atoms with Crippen molar-refractivity contribution >= 4 is 5.97 Å². The van der Waals surface area contributed by atoms with Gasteiger partial charge in [-0.25, -0.2) is 4.79 Å². The standard InChI is InChI=1S/C31H38O4/c1-3-5-7-9-21-34-27-16-11-24(12-17-27)26-15-20-29(30(23-26)31(32)33)25-13-18-28(19-14-25)35-22-10-8-6-4-2/h11-20,23H,3-10,21-22H2,1-2H3,(H,32,33). The van der Waals surface area contributed by atoms with Crippen molar-refractivity contribution in [1.29, 1.82) is 0 Å². The first-order chi connectivity index (χ1) is 17.1. The average molecular weight is 475 g/mol. The Morgan fingerprint density at radius 1 is 0.629 bits per heavy atom. The Hall–Kier alpha value is -3.27. The molecule has 3 aromatic carbocycles. The van der Waals surface area contributed by atoms with Crippen LogP contribution in [0.3, 0.4) is 0 Å². The molecule has 0 atom stereocenters. The number of unbranched alkanes of at least 4 members (excludes halogenated alkanes) is 6. The van der Waals surface area contributed by atoms with Crippen LogP contribution in [-0.2, 0) is 0 Å². The predicted molar refractivity (Wildman–Crippen MR) is 144 cm³/mol. The number of hydrogen-bond donors (Lipinski definition) is 1.